The van der Waals surface area contributed by atoms with Crippen molar-refractivity contribution in [3.63, 3.8) is 0 Å². The van der Waals surface area contributed by atoms with Gasteiger partial charge in [-0.2, -0.15) is 0 Å². The molecule has 1 aliphatic rings. The standard InChI is InChI=1S/C27H29ClN2O6/c1-33-22-14-17(15-23(34-2)25(22)35-3)24(26(31)29-19-9-4-5-10-19)30(20-11-6-8-18(28)16-20)27(32)21-12-7-13-36-21/h6-8,11-16,19,24H,4-5,9-10H2,1-3H3,(H,29,31)/t24-/m0/s1. The molecule has 0 radical (unpaired) electrons. The molecule has 0 bridgehead atoms. The van der Waals surface area contributed by atoms with E-state index in [1.54, 1.807) is 48.5 Å². The van der Waals surface area contributed by atoms with E-state index in [1.165, 1.54) is 32.5 Å². The first-order valence-corrected chi connectivity index (χ1v) is 12.1. The molecule has 190 valence electrons. The zero-order chi connectivity index (χ0) is 25.7. The molecule has 0 saturated heterocycles. The van der Waals surface area contributed by atoms with E-state index < -0.39 is 11.9 Å². The molecule has 1 atom stereocenters. The van der Waals surface area contributed by atoms with Crippen LogP contribution in [0.4, 0.5) is 5.69 Å². The molecule has 1 aromatic heterocycles. The third-order valence-electron chi connectivity index (χ3n) is 6.25. The van der Waals surface area contributed by atoms with Crippen molar-refractivity contribution in [3.05, 3.63) is 71.1 Å². The summed E-state index contributed by atoms with van der Waals surface area (Å²) < 4.78 is 22.0. The third-order valence-corrected chi connectivity index (χ3v) is 6.48. The van der Waals surface area contributed by atoms with Crippen LogP contribution in [0.3, 0.4) is 0 Å². The first kappa shape index (κ1) is 25.4. The monoisotopic (exact) mass is 512 g/mol. The van der Waals surface area contributed by atoms with Crippen LogP contribution < -0.4 is 24.4 Å². The fourth-order valence-corrected chi connectivity index (χ4v) is 4.74. The number of carbonyl (C=O) groups excluding carboxylic acids is 2. The van der Waals surface area contributed by atoms with Gasteiger partial charge in [-0.1, -0.05) is 30.5 Å². The minimum atomic E-state index is -1.09. The van der Waals surface area contributed by atoms with Crippen molar-refractivity contribution in [1.82, 2.24) is 5.32 Å². The van der Waals surface area contributed by atoms with Crippen molar-refractivity contribution in [3.8, 4) is 17.2 Å². The van der Waals surface area contributed by atoms with Crippen LogP contribution in [-0.4, -0.2) is 39.2 Å². The third kappa shape index (κ3) is 5.28. The lowest BCUT2D eigenvalue weighted by atomic mass is 10.0. The highest BCUT2D eigenvalue weighted by Gasteiger charge is 2.37. The number of benzene rings is 2. The highest BCUT2D eigenvalue weighted by atomic mass is 35.5. The largest absolute Gasteiger partial charge is 0.493 e. The summed E-state index contributed by atoms with van der Waals surface area (Å²) in [5.41, 5.74) is 0.907. The minimum Gasteiger partial charge on any atom is -0.493 e. The summed E-state index contributed by atoms with van der Waals surface area (Å²) in [6, 6.07) is 12.3. The minimum absolute atomic E-state index is 0.0296. The fraction of sp³-hybridized carbons (Fsp3) is 0.333. The summed E-state index contributed by atoms with van der Waals surface area (Å²) in [5, 5.41) is 3.56. The van der Waals surface area contributed by atoms with E-state index in [4.69, 9.17) is 30.2 Å². The molecule has 2 amide bonds. The molecule has 1 fully saturated rings. The summed E-state index contributed by atoms with van der Waals surface area (Å²) in [5.74, 6) is 0.356. The highest BCUT2D eigenvalue weighted by molar-refractivity contribution is 6.31. The van der Waals surface area contributed by atoms with Gasteiger partial charge in [0.25, 0.3) is 5.91 Å². The van der Waals surface area contributed by atoms with E-state index in [-0.39, 0.29) is 17.7 Å². The van der Waals surface area contributed by atoms with Crippen LogP contribution in [0.15, 0.2) is 59.2 Å². The smallest absolute Gasteiger partial charge is 0.294 e. The number of hydrogen-bond acceptors (Lipinski definition) is 6. The van der Waals surface area contributed by atoms with E-state index in [1.807, 2.05) is 0 Å². The summed E-state index contributed by atoms with van der Waals surface area (Å²) in [4.78, 5) is 29.2. The van der Waals surface area contributed by atoms with Crippen molar-refractivity contribution in [2.75, 3.05) is 26.2 Å². The Balaban J connectivity index is 1.90. The first-order chi connectivity index (χ1) is 17.5. The predicted molar refractivity (Wildman–Crippen MR) is 136 cm³/mol. The second-order valence-electron chi connectivity index (χ2n) is 8.48. The first-order valence-electron chi connectivity index (χ1n) is 11.7. The molecule has 4 rings (SSSR count). The van der Waals surface area contributed by atoms with Crippen LogP contribution in [-0.2, 0) is 4.79 Å². The molecule has 0 unspecified atom stereocenters. The average Bonchev–Trinajstić information content (AvgIpc) is 3.60. The number of amides is 2. The number of anilines is 1. The molecule has 0 spiro atoms. The number of rotatable bonds is 9. The maximum absolute atomic E-state index is 13.9. The Labute approximate surface area is 215 Å². The van der Waals surface area contributed by atoms with E-state index in [9.17, 15) is 9.59 Å². The topological polar surface area (TPSA) is 90.2 Å². The number of hydrogen-bond donors (Lipinski definition) is 1. The van der Waals surface area contributed by atoms with Gasteiger partial charge in [-0.25, -0.2) is 0 Å². The van der Waals surface area contributed by atoms with Crippen LogP contribution in [0, 0.1) is 0 Å². The summed E-state index contributed by atoms with van der Waals surface area (Å²) in [6.07, 6.45) is 5.27. The summed E-state index contributed by atoms with van der Waals surface area (Å²) >= 11 is 6.30. The van der Waals surface area contributed by atoms with Crippen LogP contribution in [0.5, 0.6) is 17.2 Å². The lowest BCUT2D eigenvalue weighted by Gasteiger charge is -2.32. The summed E-state index contributed by atoms with van der Waals surface area (Å²) in [6.45, 7) is 0. The van der Waals surface area contributed by atoms with Gasteiger partial charge in [-0.05, 0) is 60.9 Å². The Morgan fingerprint density at radius 1 is 1.00 bits per heavy atom. The normalized spacial score (nSPS) is 14.2. The number of carbonyl (C=O) groups is 2. The van der Waals surface area contributed by atoms with Crippen LogP contribution in [0.25, 0.3) is 0 Å². The Hall–Kier alpha value is -3.65. The van der Waals surface area contributed by atoms with Gasteiger partial charge in [0, 0.05) is 16.8 Å². The number of halogens is 1. The van der Waals surface area contributed by atoms with E-state index >= 15 is 0 Å². The second-order valence-corrected chi connectivity index (χ2v) is 8.92. The Kier molecular flexibility index (Phi) is 8.05. The Morgan fingerprint density at radius 3 is 2.25 bits per heavy atom. The Bertz CT molecular complexity index is 1180. The molecular weight excluding hydrogens is 484 g/mol. The fourth-order valence-electron chi connectivity index (χ4n) is 4.56. The van der Waals surface area contributed by atoms with E-state index in [0.29, 0.717) is 33.5 Å². The van der Waals surface area contributed by atoms with Crippen molar-refractivity contribution < 1.29 is 28.2 Å². The molecule has 9 heteroatoms. The number of nitrogens with one attached hydrogen (secondary N) is 1. The van der Waals surface area contributed by atoms with Crippen molar-refractivity contribution in [2.45, 2.75) is 37.8 Å². The zero-order valence-electron chi connectivity index (χ0n) is 20.5. The SMILES string of the molecule is COc1cc([C@@H](C(=O)NC2CCCC2)N(C(=O)c2ccco2)c2cccc(Cl)c2)cc(OC)c1OC. The lowest BCUT2D eigenvalue weighted by molar-refractivity contribution is -0.123. The van der Waals surface area contributed by atoms with Crippen LogP contribution in [0.1, 0.15) is 47.8 Å². The van der Waals surface area contributed by atoms with E-state index in [0.717, 1.165) is 25.7 Å². The van der Waals surface area contributed by atoms with Crippen molar-refractivity contribution in [1.29, 1.82) is 0 Å². The highest BCUT2D eigenvalue weighted by Crippen LogP contribution is 2.42. The van der Waals surface area contributed by atoms with Crippen LogP contribution in [0.2, 0.25) is 5.02 Å². The lowest BCUT2D eigenvalue weighted by Crippen LogP contribution is -2.46. The quantitative estimate of drug-likeness (QED) is 0.412. The predicted octanol–water partition coefficient (Wildman–Crippen LogP) is 5.41. The Morgan fingerprint density at radius 2 is 1.69 bits per heavy atom. The van der Waals surface area contributed by atoms with Gasteiger partial charge >= 0.3 is 0 Å². The number of furan rings is 1. The van der Waals surface area contributed by atoms with Crippen molar-refractivity contribution in [2.24, 2.45) is 0 Å². The van der Waals surface area contributed by atoms with Gasteiger partial charge in [0.2, 0.25) is 11.7 Å². The van der Waals surface area contributed by atoms with Gasteiger partial charge in [0.1, 0.15) is 6.04 Å². The molecule has 1 saturated carbocycles. The van der Waals surface area contributed by atoms with Crippen LogP contribution >= 0.6 is 11.6 Å². The molecule has 8 nitrogen and oxygen atoms in total. The second kappa shape index (κ2) is 11.4. The molecule has 1 aliphatic carbocycles. The van der Waals surface area contributed by atoms with Gasteiger partial charge in [0.15, 0.2) is 17.3 Å². The van der Waals surface area contributed by atoms with Gasteiger partial charge in [-0.15, -0.1) is 0 Å². The number of methoxy groups -OCH3 is 3. The molecule has 2 aromatic carbocycles. The maximum Gasteiger partial charge on any atom is 0.294 e. The van der Waals surface area contributed by atoms with Gasteiger partial charge in [0.05, 0.1) is 27.6 Å². The number of nitrogens with zero attached hydrogens (tertiary/aromatic N) is 1. The molecule has 1 heterocycles. The molecule has 3 aromatic rings. The molecular formula is C27H29ClN2O6. The zero-order valence-corrected chi connectivity index (χ0v) is 21.2. The number of ether oxygens (including phenoxy) is 3. The van der Waals surface area contributed by atoms with Gasteiger partial charge < -0.3 is 23.9 Å². The van der Waals surface area contributed by atoms with E-state index in [2.05, 4.69) is 5.32 Å². The average molecular weight is 513 g/mol. The van der Waals surface area contributed by atoms with Crippen molar-refractivity contribution >= 4 is 29.1 Å². The summed E-state index contributed by atoms with van der Waals surface area (Å²) in [7, 11) is 4.50. The molecule has 0 aliphatic heterocycles. The molecule has 1 N–H and O–H groups in total. The molecule has 36 heavy (non-hydrogen) atoms. The van der Waals surface area contributed by atoms with Gasteiger partial charge in [-0.3, -0.25) is 14.5 Å². The maximum atomic E-state index is 13.9.